The molecule has 0 bridgehead atoms. The van der Waals surface area contributed by atoms with Crippen molar-refractivity contribution in [1.29, 1.82) is 0 Å². The zero-order chi connectivity index (χ0) is 33.7. The third-order valence-electron chi connectivity index (χ3n) is 9.65. The molecule has 0 unspecified atom stereocenters. The molecule has 4 nitrogen and oxygen atoms in total. The lowest BCUT2D eigenvalue weighted by Crippen LogP contribution is -2.00. The molecule has 2 aromatic heterocycles. The van der Waals surface area contributed by atoms with Crippen LogP contribution in [0.1, 0.15) is 0 Å². The van der Waals surface area contributed by atoms with Crippen LogP contribution in [0.3, 0.4) is 0 Å². The third kappa shape index (κ3) is 5.31. The first-order valence-electron chi connectivity index (χ1n) is 17.1. The molecule has 8 aromatic carbocycles. The molecule has 0 atom stereocenters. The second-order valence-electron chi connectivity index (χ2n) is 12.9. The first-order chi connectivity index (χ1) is 25.2. The predicted octanol–water partition coefficient (Wildman–Crippen LogP) is 12.4. The molecular weight excluding hydrogens is 623 g/mol. The zero-order valence-corrected chi connectivity index (χ0v) is 27.5. The van der Waals surface area contributed by atoms with Crippen LogP contribution >= 0.6 is 0 Å². The lowest BCUT2D eigenvalue weighted by Gasteiger charge is -2.12. The Morgan fingerprint density at radius 1 is 0.275 bits per heavy atom. The number of hydrogen-bond donors (Lipinski definition) is 0. The topological polar surface area (TPSA) is 51.8 Å². The summed E-state index contributed by atoms with van der Waals surface area (Å²) in [4.78, 5) is 15.4. The molecule has 0 aliphatic carbocycles. The van der Waals surface area contributed by atoms with Crippen LogP contribution in [-0.4, -0.2) is 15.0 Å². The Hall–Kier alpha value is -6.91. The van der Waals surface area contributed by atoms with Crippen LogP contribution in [0.5, 0.6) is 0 Å². The average molecular weight is 652 g/mol. The second kappa shape index (κ2) is 11.9. The monoisotopic (exact) mass is 651 g/mol. The number of aromatic nitrogens is 3. The fraction of sp³-hybridized carbons (Fsp3) is 0. The van der Waals surface area contributed by atoms with Crippen LogP contribution in [0.25, 0.3) is 99.9 Å². The minimum Gasteiger partial charge on any atom is -0.456 e. The molecule has 0 aliphatic heterocycles. The van der Waals surface area contributed by atoms with E-state index >= 15 is 0 Å². The number of furan rings is 1. The zero-order valence-electron chi connectivity index (χ0n) is 27.5. The smallest absolute Gasteiger partial charge is 0.164 e. The Bertz CT molecular complexity index is 2860. The maximum atomic E-state index is 6.46. The SMILES string of the molecule is c1ccc(-c2cc(-c3ccccc3)cc(-c3nc(-c4ccc5ccccc5c4)nc(-c4ccc5c(c4)oc4cc6ccccc6cc45)n3)c2)cc1. The van der Waals surface area contributed by atoms with E-state index in [0.29, 0.717) is 17.5 Å². The third-order valence-corrected chi connectivity index (χ3v) is 9.65. The molecule has 10 rings (SSSR count). The van der Waals surface area contributed by atoms with Gasteiger partial charge in [0.25, 0.3) is 0 Å². The molecule has 0 aliphatic rings. The number of nitrogens with zero attached hydrogens (tertiary/aromatic N) is 3. The summed E-state index contributed by atoms with van der Waals surface area (Å²) in [6, 6.07) is 61.2. The van der Waals surface area contributed by atoms with Crippen molar-refractivity contribution in [3.05, 3.63) is 176 Å². The van der Waals surface area contributed by atoms with Gasteiger partial charge in [0.05, 0.1) is 0 Å². The summed E-state index contributed by atoms with van der Waals surface area (Å²) in [7, 11) is 0. The normalized spacial score (nSPS) is 11.5. The van der Waals surface area contributed by atoms with E-state index in [4.69, 9.17) is 19.4 Å². The first-order valence-corrected chi connectivity index (χ1v) is 17.1. The fourth-order valence-electron chi connectivity index (χ4n) is 7.04. The lowest BCUT2D eigenvalue weighted by atomic mass is 9.96. The molecular formula is C47H29N3O. The molecule has 10 aromatic rings. The number of fused-ring (bicyclic) bond motifs is 5. The molecule has 0 radical (unpaired) electrons. The summed E-state index contributed by atoms with van der Waals surface area (Å²) in [5.41, 5.74) is 8.81. The van der Waals surface area contributed by atoms with E-state index in [1.165, 1.54) is 10.8 Å². The number of hydrogen-bond acceptors (Lipinski definition) is 4. The van der Waals surface area contributed by atoms with Gasteiger partial charge in [0.2, 0.25) is 0 Å². The average Bonchev–Trinajstić information content (AvgIpc) is 3.56. The van der Waals surface area contributed by atoms with Gasteiger partial charge in [-0.1, -0.05) is 127 Å². The lowest BCUT2D eigenvalue weighted by molar-refractivity contribution is 0.669. The molecule has 0 fully saturated rings. The summed E-state index contributed by atoms with van der Waals surface area (Å²) in [6.45, 7) is 0. The van der Waals surface area contributed by atoms with Crippen LogP contribution in [0.15, 0.2) is 180 Å². The molecule has 51 heavy (non-hydrogen) atoms. The van der Waals surface area contributed by atoms with Crippen LogP contribution in [0.4, 0.5) is 0 Å². The summed E-state index contributed by atoms with van der Waals surface area (Å²) in [6.07, 6.45) is 0. The van der Waals surface area contributed by atoms with Crippen LogP contribution in [-0.2, 0) is 0 Å². The molecule has 238 valence electrons. The van der Waals surface area contributed by atoms with Gasteiger partial charge in [-0.3, -0.25) is 0 Å². The highest BCUT2D eigenvalue weighted by Crippen LogP contribution is 2.36. The fourth-order valence-corrected chi connectivity index (χ4v) is 7.04. The van der Waals surface area contributed by atoms with Gasteiger partial charge in [-0.05, 0) is 92.3 Å². The van der Waals surface area contributed by atoms with Gasteiger partial charge in [0, 0.05) is 27.5 Å². The van der Waals surface area contributed by atoms with E-state index in [0.717, 1.165) is 71.7 Å². The molecule has 0 N–H and O–H groups in total. The maximum Gasteiger partial charge on any atom is 0.164 e. The van der Waals surface area contributed by atoms with E-state index in [2.05, 4.69) is 164 Å². The Balaban J connectivity index is 1.19. The van der Waals surface area contributed by atoms with Crippen molar-refractivity contribution in [2.24, 2.45) is 0 Å². The van der Waals surface area contributed by atoms with Crippen molar-refractivity contribution in [1.82, 2.24) is 15.0 Å². The van der Waals surface area contributed by atoms with Crippen molar-refractivity contribution in [2.75, 3.05) is 0 Å². The van der Waals surface area contributed by atoms with Gasteiger partial charge in [-0.25, -0.2) is 15.0 Å². The standard InChI is InChI=1S/C47H29N3O/c1-3-11-30(12-4-1)38-24-39(31-13-5-2-6-14-31)26-40(25-38)47-49-45(36-20-19-32-15-7-8-16-33(32)23-36)48-46(50-47)37-21-22-41-42-27-34-17-9-10-18-35(34)28-44(42)51-43(41)29-37/h1-29H. The summed E-state index contributed by atoms with van der Waals surface area (Å²) in [5.74, 6) is 1.80. The highest BCUT2D eigenvalue weighted by molar-refractivity contribution is 6.10. The summed E-state index contributed by atoms with van der Waals surface area (Å²) in [5, 5.41) is 6.79. The first kappa shape index (κ1) is 29.0. The molecule has 2 heterocycles. The van der Waals surface area contributed by atoms with Crippen molar-refractivity contribution >= 4 is 43.5 Å². The van der Waals surface area contributed by atoms with Gasteiger partial charge >= 0.3 is 0 Å². The predicted molar refractivity (Wildman–Crippen MR) is 209 cm³/mol. The van der Waals surface area contributed by atoms with Crippen molar-refractivity contribution in [2.45, 2.75) is 0 Å². The number of benzene rings is 8. The van der Waals surface area contributed by atoms with Crippen LogP contribution < -0.4 is 0 Å². The molecule has 0 spiro atoms. The Kier molecular flexibility index (Phi) is 6.78. The second-order valence-corrected chi connectivity index (χ2v) is 12.9. The highest BCUT2D eigenvalue weighted by Gasteiger charge is 2.17. The molecule has 0 saturated carbocycles. The minimum absolute atomic E-state index is 0.585. The van der Waals surface area contributed by atoms with Gasteiger partial charge in [-0.15, -0.1) is 0 Å². The summed E-state index contributed by atoms with van der Waals surface area (Å²) >= 11 is 0. The van der Waals surface area contributed by atoms with Crippen molar-refractivity contribution in [3.8, 4) is 56.4 Å². The largest absolute Gasteiger partial charge is 0.456 e. The van der Waals surface area contributed by atoms with E-state index in [1.54, 1.807) is 0 Å². The van der Waals surface area contributed by atoms with E-state index in [-0.39, 0.29) is 0 Å². The van der Waals surface area contributed by atoms with Crippen LogP contribution in [0.2, 0.25) is 0 Å². The van der Waals surface area contributed by atoms with Gasteiger partial charge in [0.1, 0.15) is 11.2 Å². The van der Waals surface area contributed by atoms with Gasteiger partial charge < -0.3 is 4.42 Å². The maximum absolute atomic E-state index is 6.46. The van der Waals surface area contributed by atoms with E-state index in [9.17, 15) is 0 Å². The molecule has 4 heteroatoms. The van der Waals surface area contributed by atoms with Crippen molar-refractivity contribution in [3.63, 3.8) is 0 Å². The van der Waals surface area contributed by atoms with Crippen molar-refractivity contribution < 1.29 is 4.42 Å². The number of rotatable bonds is 5. The Morgan fingerprint density at radius 3 is 1.39 bits per heavy atom. The minimum atomic E-state index is 0.585. The Labute approximate surface area is 294 Å². The van der Waals surface area contributed by atoms with Gasteiger partial charge in [-0.2, -0.15) is 0 Å². The van der Waals surface area contributed by atoms with Gasteiger partial charge in [0.15, 0.2) is 17.5 Å². The summed E-state index contributed by atoms with van der Waals surface area (Å²) < 4.78 is 6.46. The van der Waals surface area contributed by atoms with Crippen LogP contribution in [0, 0.1) is 0 Å². The highest BCUT2D eigenvalue weighted by atomic mass is 16.3. The Morgan fingerprint density at radius 2 is 0.745 bits per heavy atom. The van der Waals surface area contributed by atoms with E-state index in [1.807, 2.05) is 12.1 Å². The van der Waals surface area contributed by atoms with E-state index < -0.39 is 0 Å². The molecule has 0 amide bonds. The molecule has 0 saturated heterocycles. The quantitative estimate of drug-likeness (QED) is 0.186.